The number of likely N-dealkylation sites (tertiary alicyclic amines) is 1. The number of piperidine rings is 1. The lowest BCUT2D eigenvalue weighted by molar-refractivity contribution is -0.146. The van der Waals surface area contributed by atoms with Crippen LogP contribution in [0, 0.1) is 17.3 Å². The number of nitrogens with zero attached hydrogens (tertiary/aromatic N) is 1. The minimum absolute atomic E-state index is 0.00463. The van der Waals surface area contributed by atoms with Crippen LogP contribution < -0.4 is 0 Å². The second-order valence-electron chi connectivity index (χ2n) is 7.41. The molecule has 0 radical (unpaired) electrons. The van der Waals surface area contributed by atoms with Gasteiger partial charge < -0.3 is 14.3 Å². The van der Waals surface area contributed by atoms with Crippen LogP contribution in [0.25, 0.3) is 0 Å². The summed E-state index contributed by atoms with van der Waals surface area (Å²) < 4.78 is 10.2. The number of aldehydes is 1. The predicted molar refractivity (Wildman–Crippen MR) is 83.4 cm³/mol. The van der Waals surface area contributed by atoms with E-state index in [1.54, 1.807) is 0 Å². The standard InChI is InChI=1S/C10H17NO2.C7H12O2/c1-10(2)6-5-11(3)8(7(6)10)9(12)13-4;1-6(4-5-8)9-7-2-3-7/h6-8H,5H2,1-4H3;5-7H,2-4H2,1H3/t6?,7?,8-;6-/m01/s1. The molecule has 2 aliphatic carbocycles. The number of ether oxygens (including phenoxy) is 2. The molecule has 3 fully saturated rings. The topological polar surface area (TPSA) is 55.8 Å². The molecule has 5 nitrogen and oxygen atoms in total. The molecule has 3 aliphatic rings. The summed E-state index contributed by atoms with van der Waals surface area (Å²) in [4.78, 5) is 23.5. The van der Waals surface area contributed by atoms with Gasteiger partial charge in [0.05, 0.1) is 19.3 Å². The maximum absolute atomic E-state index is 11.5. The fourth-order valence-electron chi connectivity index (χ4n) is 3.63. The number of hydrogen-bond donors (Lipinski definition) is 0. The van der Waals surface area contributed by atoms with Gasteiger partial charge in [-0.1, -0.05) is 13.8 Å². The maximum atomic E-state index is 11.5. The number of rotatable bonds is 5. The smallest absolute Gasteiger partial charge is 0.323 e. The zero-order valence-corrected chi connectivity index (χ0v) is 14.4. The third-order valence-electron chi connectivity index (χ3n) is 5.26. The molecule has 4 atom stereocenters. The Hall–Kier alpha value is -0.940. The largest absolute Gasteiger partial charge is 0.468 e. The Morgan fingerprint density at radius 2 is 2.05 bits per heavy atom. The molecule has 22 heavy (non-hydrogen) atoms. The van der Waals surface area contributed by atoms with E-state index >= 15 is 0 Å². The van der Waals surface area contributed by atoms with E-state index in [1.165, 1.54) is 20.0 Å². The number of fused-ring (bicyclic) bond motifs is 1. The van der Waals surface area contributed by atoms with Crippen molar-refractivity contribution in [2.24, 2.45) is 17.3 Å². The predicted octanol–water partition coefficient (Wildman–Crippen LogP) is 1.89. The Kier molecular flexibility index (Phi) is 5.28. The molecule has 1 heterocycles. The van der Waals surface area contributed by atoms with Crippen molar-refractivity contribution in [1.29, 1.82) is 0 Å². The van der Waals surface area contributed by atoms with Crippen molar-refractivity contribution in [3.05, 3.63) is 0 Å². The molecule has 1 saturated heterocycles. The van der Waals surface area contributed by atoms with Crippen LogP contribution in [-0.4, -0.2) is 56.1 Å². The Balaban J connectivity index is 0.000000172. The number of carbonyl (C=O) groups is 2. The quantitative estimate of drug-likeness (QED) is 0.573. The van der Waals surface area contributed by atoms with Gasteiger partial charge in [0.1, 0.15) is 12.3 Å². The average Bonchev–Trinajstić information content (AvgIpc) is 3.29. The van der Waals surface area contributed by atoms with Crippen LogP contribution in [0.4, 0.5) is 0 Å². The Morgan fingerprint density at radius 1 is 1.41 bits per heavy atom. The van der Waals surface area contributed by atoms with Crippen LogP contribution in [0.1, 0.15) is 40.0 Å². The third-order valence-corrected chi connectivity index (χ3v) is 5.26. The van der Waals surface area contributed by atoms with E-state index in [-0.39, 0.29) is 18.1 Å². The molecule has 0 bridgehead atoms. The zero-order valence-electron chi connectivity index (χ0n) is 14.4. The summed E-state index contributed by atoms with van der Waals surface area (Å²) in [5, 5.41) is 0. The summed E-state index contributed by atoms with van der Waals surface area (Å²) >= 11 is 0. The van der Waals surface area contributed by atoms with Gasteiger partial charge in [0.2, 0.25) is 0 Å². The molecule has 1 aliphatic heterocycles. The molecule has 0 N–H and O–H groups in total. The van der Waals surface area contributed by atoms with E-state index in [2.05, 4.69) is 18.7 Å². The van der Waals surface area contributed by atoms with E-state index in [9.17, 15) is 9.59 Å². The van der Waals surface area contributed by atoms with Crippen LogP contribution in [0.15, 0.2) is 0 Å². The van der Waals surface area contributed by atoms with Gasteiger partial charge in [0, 0.05) is 13.0 Å². The Morgan fingerprint density at radius 3 is 2.50 bits per heavy atom. The first kappa shape index (κ1) is 17.4. The van der Waals surface area contributed by atoms with Gasteiger partial charge in [-0.15, -0.1) is 0 Å². The monoisotopic (exact) mass is 311 g/mol. The highest BCUT2D eigenvalue weighted by molar-refractivity contribution is 5.77. The van der Waals surface area contributed by atoms with Crippen LogP contribution >= 0.6 is 0 Å². The van der Waals surface area contributed by atoms with Gasteiger partial charge in [-0.05, 0) is 44.1 Å². The third kappa shape index (κ3) is 3.69. The first-order chi connectivity index (χ1) is 10.3. The second-order valence-corrected chi connectivity index (χ2v) is 7.41. The fourth-order valence-corrected chi connectivity index (χ4v) is 3.63. The molecule has 5 heteroatoms. The van der Waals surface area contributed by atoms with Crippen molar-refractivity contribution >= 4 is 12.3 Å². The van der Waals surface area contributed by atoms with Crippen molar-refractivity contribution in [2.45, 2.75) is 58.3 Å². The summed E-state index contributed by atoms with van der Waals surface area (Å²) in [6.45, 7) is 7.46. The normalized spacial score (nSPS) is 33.2. The SMILES string of the molecule is COC(=O)[C@@H]1C2C(CN1C)C2(C)C.C[C@H](CC=O)OC1CC1. The van der Waals surface area contributed by atoms with E-state index < -0.39 is 0 Å². The van der Waals surface area contributed by atoms with Gasteiger partial charge in [0.25, 0.3) is 0 Å². The highest BCUT2D eigenvalue weighted by Gasteiger charge is 2.68. The summed E-state index contributed by atoms with van der Waals surface area (Å²) in [6, 6.07) is 0.00463. The van der Waals surface area contributed by atoms with E-state index in [0.29, 0.717) is 29.8 Å². The Bertz CT molecular complexity index is 419. The lowest BCUT2D eigenvalue weighted by atomic mass is 10.0. The summed E-state index contributed by atoms with van der Waals surface area (Å²) in [5.41, 5.74) is 0.353. The highest BCUT2D eigenvalue weighted by Crippen LogP contribution is 2.64. The molecule has 2 saturated carbocycles. The van der Waals surface area contributed by atoms with E-state index in [0.717, 1.165) is 12.8 Å². The minimum Gasteiger partial charge on any atom is -0.468 e. The van der Waals surface area contributed by atoms with Gasteiger partial charge in [-0.3, -0.25) is 9.69 Å². The van der Waals surface area contributed by atoms with Crippen LogP contribution in [0.2, 0.25) is 0 Å². The lowest BCUT2D eigenvalue weighted by Gasteiger charge is -2.24. The van der Waals surface area contributed by atoms with Gasteiger partial charge in [-0.25, -0.2) is 0 Å². The van der Waals surface area contributed by atoms with Crippen molar-refractivity contribution in [2.75, 3.05) is 20.7 Å². The van der Waals surface area contributed by atoms with Crippen molar-refractivity contribution in [1.82, 2.24) is 4.90 Å². The molecule has 0 spiro atoms. The second kappa shape index (κ2) is 6.67. The van der Waals surface area contributed by atoms with Gasteiger partial charge in [-0.2, -0.15) is 0 Å². The molecule has 0 aromatic carbocycles. The molecular weight excluding hydrogens is 282 g/mol. The van der Waals surface area contributed by atoms with Crippen LogP contribution in [0.3, 0.4) is 0 Å². The number of hydrogen-bond acceptors (Lipinski definition) is 5. The van der Waals surface area contributed by atoms with Crippen LogP contribution in [-0.2, 0) is 19.1 Å². The summed E-state index contributed by atoms with van der Waals surface area (Å²) in [7, 11) is 3.47. The summed E-state index contributed by atoms with van der Waals surface area (Å²) in [6.07, 6.45) is 4.42. The van der Waals surface area contributed by atoms with Crippen molar-refractivity contribution in [3.8, 4) is 0 Å². The summed E-state index contributed by atoms with van der Waals surface area (Å²) in [5.74, 6) is 1.15. The first-order valence-corrected chi connectivity index (χ1v) is 8.20. The van der Waals surface area contributed by atoms with E-state index in [4.69, 9.17) is 9.47 Å². The average molecular weight is 311 g/mol. The van der Waals surface area contributed by atoms with Gasteiger partial charge >= 0.3 is 5.97 Å². The number of methoxy groups -OCH3 is 1. The maximum Gasteiger partial charge on any atom is 0.323 e. The molecular formula is C17H29NO4. The lowest BCUT2D eigenvalue weighted by Crippen LogP contribution is -2.39. The molecule has 3 rings (SSSR count). The molecule has 0 amide bonds. The zero-order chi connectivity index (χ0) is 16.5. The number of carbonyl (C=O) groups excluding carboxylic acids is 2. The number of esters is 1. The molecule has 0 aromatic heterocycles. The molecule has 0 aromatic rings. The van der Waals surface area contributed by atoms with Crippen molar-refractivity contribution in [3.63, 3.8) is 0 Å². The van der Waals surface area contributed by atoms with Crippen LogP contribution in [0.5, 0.6) is 0 Å². The first-order valence-electron chi connectivity index (χ1n) is 8.20. The fraction of sp³-hybridized carbons (Fsp3) is 0.882. The molecule has 126 valence electrons. The number of likely N-dealkylation sites (N-methyl/N-ethyl adjacent to an activating group) is 1. The minimum atomic E-state index is -0.0689. The van der Waals surface area contributed by atoms with Crippen molar-refractivity contribution < 1.29 is 19.1 Å². The van der Waals surface area contributed by atoms with Gasteiger partial charge in [0.15, 0.2) is 0 Å². The van der Waals surface area contributed by atoms with E-state index in [1.807, 2.05) is 14.0 Å². The molecule has 2 unspecified atom stereocenters. The Labute approximate surface area is 133 Å². The highest BCUT2D eigenvalue weighted by atomic mass is 16.5.